The second-order valence-corrected chi connectivity index (χ2v) is 13.9. The van der Waals surface area contributed by atoms with Gasteiger partial charge in [-0.15, -0.1) is 0 Å². The summed E-state index contributed by atoms with van der Waals surface area (Å²) in [7, 11) is 0. The average molecular weight is 432 g/mol. The molecule has 0 aromatic heterocycles. The molecule has 1 atom stereocenters. The molecule has 0 saturated carbocycles. The van der Waals surface area contributed by atoms with Crippen molar-refractivity contribution in [3.63, 3.8) is 0 Å². The van der Waals surface area contributed by atoms with Crippen LogP contribution < -0.4 is 17.2 Å². The summed E-state index contributed by atoms with van der Waals surface area (Å²) in [5.41, 5.74) is 22.9. The van der Waals surface area contributed by atoms with Crippen LogP contribution in [0.25, 0.3) is 0 Å². The molecular weight excluding hydrogens is 378 g/mol. The van der Waals surface area contributed by atoms with E-state index in [1.165, 1.54) is 16.7 Å². The quantitative estimate of drug-likeness (QED) is 0.407. The van der Waals surface area contributed by atoms with Gasteiger partial charge < -0.3 is 17.2 Å². The van der Waals surface area contributed by atoms with Gasteiger partial charge in [-0.2, -0.15) is 0 Å². The Morgan fingerprint density at radius 2 is 1.00 bits per heavy atom. The summed E-state index contributed by atoms with van der Waals surface area (Å²) in [4.78, 5) is 0. The van der Waals surface area contributed by atoms with Crippen LogP contribution in [0.2, 0.25) is 0 Å². The molecule has 3 nitrogen and oxygen atoms in total. The molecule has 1 unspecified atom stereocenters. The van der Waals surface area contributed by atoms with Crippen molar-refractivity contribution in [3.8, 4) is 0 Å². The lowest BCUT2D eigenvalue weighted by Crippen LogP contribution is -2.43. The normalized spacial score (nSPS) is 16.4. The minimum absolute atomic E-state index is 0.0182. The summed E-state index contributed by atoms with van der Waals surface area (Å²) in [5, 5.41) is 0. The third kappa shape index (κ3) is 8.18. The molecule has 0 amide bonds. The smallest absolute Gasteiger partial charge is 0.0105 e. The van der Waals surface area contributed by atoms with Gasteiger partial charge in [-0.05, 0) is 100 Å². The van der Waals surface area contributed by atoms with Gasteiger partial charge in [0, 0.05) is 16.6 Å². The predicted molar refractivity (Wildman–Crippen MR) is 139 cm³/mol. The zero-order chi connectivity index (χ0) is 24.7. The van der Waals surface area contributed by atoms with Crippen LogP contribution >= 0.6 is 0 Å². The Balaban J connectivity index is 3.77. The summed E-state index contributed by atoms with van der Waals surface area (Å²) in [6.45, 7) is 26.7. The summed E-state index contributed by atoms with van der Waals surface area (Å²) in [6, 6.07) is 7.14. The van der Waals surface area contributed by atoms with E-state index in [9.17, 15) is 0 Å². The number of hydrogen-bond donors (Lipinski definition) is 3. The van der Waals surface area contributed by atoms with E-state index in [2.05, 4.69) is 101 Å². The van der Waals surface area contributed by atoms with Gasteiger partial charge >= 0.3 is 0 Å². The van der Waals surface area contributed by atoms with Gasteiger partial charge in [-0.1, -0.05) is 59.7 Å². The maximum atomic E-state index is 6.57. The van der Waals surface area contributed by atoms with Crippen LogP contribution in [0.4, 0.5) is 0 Å². The Labute approximate surface area is 193 Å². The Morgan fingerprint density at radius 1 is 0.581 bits per heavy atom. The molecule has 0 radical (unpaired) electrons. The third-order valence-electron chi connectivity index (χ3n) is 6.60. The van der Waals surface area contributed by atoms with Crippen molar-refractivity contribution in [2.75, 3.05) is 0 Å². The second-order valence-electron chi connectivity index (χ2n) is 13.9. The van der Waals surface area contributed by atoms with E-state index in [4.69, 9.17) is 17.2 Å². The summed E-state index contributed by atoms with van der Waals surface area (Å²) in [6.07, 6.45) is 3.80. The molecule has 0 heterocycles. The van der Waals surface area contributed by atoms with Gasteiger partial charge in [0.05, 0.1) is 0 Å². The van der Waals surface area contributed by atoms with Crippen molar-refractivity contribution in [3.05, 3.63) is 34.9 Å². The minimum Gasteiger partial charge on any atom is -0.326 e. The van der Waals surface area contributed by atoms with Crippen molar-refractivity contribution in [1.82, 2.24) is 0 Å². The zero-order valence-corrected chi connectivity index (χ0v) is 22.8. The van der Waals surface area contributed by atoms with Crippen LogP contribution in [0.1, 0.15) is 125 Å². The maximum Gasteiger partial charge on any atom is 0.0105 e. The van der Waals surface area contributed by atoms with Crippen molar-refractivity contribution < 1.29 is 0 Å². The first-order valence-electron chi connectivity index (χ1n) is 12.0. The van der Waals surface area contributed by atoms with E-state index in [1.54, 1.807) is 0 Å². The average Bonchev–Trinajstić information content (AvgIpc) is 2.48. The highest BCUT2D eigenvalue weighted by atomic mass is 14.7. The van der Waals surface area contributed by atoms with Gasteiger partial charge in [0.2, 0.25) is 0 Å². The maximum absolute atomic E-state index is 6.57. The Morgan fingerprint density at radius 3 is 1.39 bits per heavy atom. The highest BCUT2D eigenvalue weighted by Gasteiger charge is 2.38. The first-order valence-corrected chi connectivity index (χ1v) is 12.0. The fourth-order valence-corrected chi connectivity index (χ4v) is 5.95. The number of benzene rings is 1. The molecule has 0 fully saturated rings. The molecule has 0 bridgehead atoms. The van der Waals surface area contributed by atoms with Crippen LogP contribution in [-0.4, -0.2) is 16.6 Å². The largest absolute Gasteiger partial charge is 0.326 e. The highest BCUT2D eigenvalue weighted by molar-refractivity contribution is 5.44. The number of hydrogen-bond acceptors (Lipinski definition) is 3. The van der Waals surface area contributed by atoms with Crippen LogP contribution in [0.15, 0.2) is 18.2 Å². The first-order chi connectivity index (χ1) is 13.5. The van der Waals surface area contributed by atoms with Crippen LogP contribution in [0.3, 0.4) is 0 Å². The molecule has 1 aromatic carbocycles. The van der Waals surface area contributed by atoms with Crippen molar-refractivity contribution in [2.24, 2.45) is 17.2 Å². The SMILES string of the molecule is CCC(C)(CC(C)(C)N)c1cc(C(C)(C)CC(C)(C)N)ccc1C(C)(C)CC(C)(C)N. The lowest BCUT2D eigenvalue weighted by Gasteiger charge is -2.42. The van der Waals surface area contributed by atoms with Crippen LogP contribution in [0.5, 0.6) is 0 Å². The van der Waals surface area contributed by atoms with E-state index < -0.39 is 0 Å². The van der Waals surface area contributed by atoms with Gasteiger partial charge in [-0.25, -0.2) is 0 Å². The lowest BCUT2D eigenvalue weighted by atomic mass is 9.63. The molecule has 0 aliphatic heterocycles. The summed E-state index contributed by atoms with van der Waals surface area (Å²) in [5.74, 6) is 0. The predicted octanol–water partition coefficient (Wildman–Crippen LogP) is 6.29. The third-order valence-corrected chi connectivity index (χ3v) is 6.60. The fourth-order valence-electron chi connectivity index (χ4n) is 5.95. The molecule has 1 aromatic rings. The van der Waals surface area contributed by atoms with E-state index >= 15 is 0 Å². The van der Waals surface area contributed by atoms with Gasteiger partial charge in [-0.3, -0.25) is 0 Å². The molecule has 0 spiro atoms. The molecule has 3 heteroatoms. The molecule has 31 heavy (non-hydrogen) atoms. The van der Waals surface area contributed by atoms with Crippen molar-refractivity contribution in [2.45, 2.75) is 142 Å². The van der Waals surface area contributed by atoms with Crippen molar-refractivity contribution >= 4 is 0 Å². The summed E-state index contributed by atoms with van der Waals surface area (Å²) >= 11 is 0. The van der Waals surface area contributed by atoms with Crippen LogP contribution in [0, 0.1) is 0 Å². The molecule has 6 N–H and O–H groups in total. The topological polar surface area (TPSA) is 78.1 Å². The first kappa shape index (κ1) is 28.1. The van der Waals surface area contributed by atoms with E-state index in [0.29, 0.717) is 0 Å². The van der Waals surface area contributed by atoms with E-state index in [-0.39, 0.29) is 32.9 Å². The molecular formula is C28H53N3. The molecule has 0 aliphatic carbocycles. The Hall–Kier alpha value is -0.900. The monoisotopic (exact) mass is 431 g/mol. The van der Waals surface area contributed by atoms with Gasteiger partial charge in [0.25, 0.3) is 0 Å². The molecule has 1 rings (SSSR count). The van der Waals surface area contributed by atoms with Crippen molar-refractivity contribution in [1.29, 1.82) is 0 Å². The Kier molecular flexibility index (Phi) is 7.99. The van der Waals surface area contributed by atoms with E-state index in [0.717, 1.165) is 25.7 Å². The van der Waals surface area contributed by atoms with Crippen LogP contribution in [-0.2, 0) is 16.2 Å². The number of rotatable bonds is 10. The molecule has 0 aliphatic rings. The van der Waals surface area contributed by atoms with E-state index in [1.807, 2.05) is 0 Å². The molecule has 0 saturated heterocycles. The standard InChI is InChI=1S/C28H53N3/c1-13-28(12,19-27(10,11)31)22-16-20(23(2,3)17-25(6,7)29)14-15-21(22)24(4,5)18-26(8,9)30/h14-16H,13,17-19,29-31H2,1-12H3. The Bertz CT molecular complexity index is 739. The zero-order valence-electron chi connectivity index (χ0n) is 22.8. The minimum atomic E-state index is -0.246. The number of nitrogens with two attached hydrogens (primary N) is 3. The highest BCUT2D eigenvalue weighted by Crippen LogP contribution is 2.45. The van der Waals surface area contributed by atoms with Gasteiger partial charge in [0.15, 0.2) is 0 Å². The fraction of sp³-hybridized carbons (Fsp3) is 0.786. The van der Waals surface area contributed by atoms with Gasteiger partial charge in [0.1, 0.15) is 0 Å². The second kappa shape index (κ2) is 8.80. The lowest BCUT2D eigenvalue weighted by molar-refractivity contribution is 0.301. The molecule has 180 valence electrons. The summed E-state index contributed by atoms with van der Waals surface area (Å²) < 4.78 is 0.